The molecule has 23 heavy (non-hydrogen) atoms. The van der Waals surface area contributed by atoms with Crippen molar-refractivity contribution in [2.24, 2.45) is 0 Å². The van der Waals surface area contributed by atoms with Crippen LogP contribution in [0.3, 0.4) is 0 Å². The van der Waals surface area contributed by atoms with Gasteiger partial charge in [0.25, 0.3) is 0 Å². The van der Waals surface area contributed by atoms with Gasteiger partial charge in [0.1, 0.15) is 0 Å². The highest BCUT2D eigenvalue weighted by atomic mass is 19.2. The minimum Gasteiger partial charge on any atom is -0.289 e. The van der Waals surface area contributed by atoms with Crippen LogP contribution in [0.2, 0.25) is 0 Å². The van der Waals surface area contributed by atoms with Crippen LogP contribution in [-0.4, -0.2) is 16.0 Å². The van der Waals surface area contributed by atoms with Crippen molar-refractivity contribution in [1.82, 2.24) is 10.2 Å². The van der Waals surface area contributed by atoms with Gasteiger partial charge in [0.05, 0.1) is 11.4 Å². The van der Waals surface area contributed by atoms with Gasteiger partial charge in [-0.2, -0.15) is 5.10 Å². The van der Waals surface area contributed by atoms with Crippen LogP contribution in [0.1, 0.15) is 16.1 Å². The molecule has 0 aliphatic rings. The molecule has 0 amide bonds. The van der Waals surface area contributed by atoms with E-state index in [0.717, 1.165) is 12.1 Å². The average molecular weight is 310 g/mol. The summed E-state index contributed by atoms with van der Waals surface area (Å²) >= 11 is 0. The molecular formula is C18H12F2N2O. The molecule has 0 saturated carbocycles. The summed E-state index contributed by atoms with van der Waals surface area (Å²) in [7, 11) is 0. The molecule has 114 valence electrons. The first-order valence-electron chi connectivity index (χ1n) is 6.92. The molecule has 0 radical (unpaired) electrons. The number of H-pyrrole nitrogens is 1. The Morgan fingerprint density at radius 1 is 1.00 bits per heavy atom. The number of carbonyl (C=O) groups excluding carboxylic acids is 1. The Morgan fingerprint density at radius 3 is 2.52 bits per heavy atom. The molecule has 3 aromatic rings. The van der Waals surface area contributed by atoms with E-state index in [9.17, 15) is 13.6 Å². The number of halogens is 2. The third-order valence-corrected chi connectivity index (χ3v) is 3.29. The number of ketones is 1. The molecule has 0 atom stereocenters. The summed E-state index contributed by atoms with van der Waals surface area (Å²) in [6, 6.07) is 14.1. The van der Waals surface area contributed by atoms with Gasteiger partial charge >= 0.3 is 0 Å². The van der Waals surface area contributed by atoms with Crippen molar-refractivity contribution in [2.75, 3.05) is 0 Å². The predicted octanol–water partition coefficient (Wildman–Crippen LogP) is 4.25. The highest BCUT2D eigenvalue weighted by Gasteiger charge is 2.07. The molecule has 0 aliphatic carbocycles. The molecule has 0 unspecified atom stereocenters. The topological polar surface area (TPSA) is 45.8 Å². The maximum Gasteiger partial charge on any atom is 0.185 e. The van der Waals surface area contributed by atoms with Crippen LogP contribution in [0.15, 0.2) is 60.7 Å². The number of nitrogens with zero attached hydrogens (tertiary/aromatic N) is 1. The standard InChI is InChI=1S/C18H12F2N2O/c19-15-8-6-13(10-16(15)20)17-11-14(21-22-17)7-9-18(23)12-4-2-1-3-5-12/h1-11H,(H,21,22). The number of aromatic amines is 1. The van der Waals surface area contributed by atoms with Crippen LogP contribution in [0.5, 0.6) is 0 Å². The van der Waals surface area contributed by atoms with E-state index in [2.05, 4.69) is 10.2 Å². The molecule has 0 fully saturated rings. The SMILES string of the molecule is O=C(C=Cc1cc(-c2ccc(F)c(F)c2)n[nH]1)c1ccccc1. The Morgan fingerprint density at radius 2 is 1.78 bits per heavy atom. The lowest BCUT2D eigenvalue weighted by Gasteiger charge is -1.96. The second-order valence-corrected chi connectivity index (χ2v) is 4.90. The fourth-order valence-corrected chi connectivity index (χ4v) is 2.09. The number of carbonyl (C=O) groups is 1. The monoisotopic (exact) mass is 310 g/mol. The number of nitrogens with one attached hydrogen (secondary N) is 1. The Hall–Kier alpha value is -3.08. The van der Waals surface area contributed by atoms with E-state index in [0.29, 0.717) is 22.5 Å². The van der Waals surface area contributed by atoms with Crippen molar-refractivity contribution in [1.29, 1.82) is 0 Å². The zero-order valence-corrected chi connectivity index (χ0v) is 12.0. The summed E-state index contributed by atoms with van der Waals surface area (Å²) in [5.41, 5.74) is 2.10. The molecule has 0 bridgehead atoms. The van der Waals surface area contributed by atoms with Crippen molar-refractivity contribution >= 4 is 11.9 Å². The Kier molecular flexibility index (Phi) is 4.10. The molecule has 5 heteroatoms. The third kappa shape index (κ3) is 3.40. The van der Waals surface area contributed by atoms with Gasteiger partial charge in [-0.1, -0.05) is 30.3 Å². The van der Waals surface area contributed by atoms with Crippen molar-refractivity contribution in [3.8, 4) is 11.3 Å². The van der Waals surface area contributed by atoms with E-state index < -0.39 is 11.6 Å². The van der Waals surface area contributed by atoms with Crippen LogP contribution < -0.4 is 0 Å². The van der Waals surface area contributed by atoms with Gasteiger partial charge in [0.2, 0.25) is 0 Å². The first-order chi connectivity index (χ1) is 11.1. The Bertz CT molecular complexity index is 870. The van der Waals surface area contributed by atoms with E-state index in [1.807, 2.05) is 6.07 Å². The van der Waals surface area contributed by atoms with E-state index in [1.54, 1.807) is 36.4 Å². The summed E-state index contributed by atoms with van der Waals surface area (Å²) in [5.74, 6) is -1.96. The summed E-state index contributed by atoms with van der Waals surface area (Å²) < 4.78 is 26.2. The predicted molar refractivity (Wildman–Crippen MR) is 83.7 cm³/mol. The second-order valence-electron chi connectivity index (χ2n) is 4.90. The van der Waals surface area contributed by atoms with E-state index in [1.165, 1.54) is 12.1 Å². The molecule has 0 saturated heterocycles. The van der Waals surface area contributed by atoms with Crippen LogP contribution >= 0.6 is 0 Å². The third-order valence-electron chi connectivity index (χ3n) is 3.29. The zero-order chi connectivity index (χ0) is 16.2. The van der Waals surface area contributed by atoms with Gasteiger partial charge in [-0.3, -0.25) is 9.89 Å². The van der Waals surface area contributed by atoms with Crippen molar-refractivity contribution in [2.45, 2.75) is 0 Å². The molecule has 3 nitrogen and oxygen atoms in total. The van der Waals surface area contributed by atoms with Crippen molar-refractivity contribution in [3.63, 3.8) is 0 Å². The molecule has 0 aliphatic heterocycles. The number of hydrogen-bond acceptors (Lipinski definition) is 2. The molecular weight excluding hydrogens is 298 g/mol. The van der Waals surface area contributed by atoms with Gasteiger partial charge < -0.3 is 0 Å². The molecule has 1 aromatic heterocycles. The number of aromatic nitrogens is 2. The van der Waals surface area contributed by atoms with Crippen LogP contribution in [0.25, 0.3) is 17.3 Å². The summed E-state index contributed by atoms with van der Waals surface area (Å²) in [6.45, 7) is 0. The first kappa shape index (κ1) is 14.8. The Labute approximate surface area is 131 Å². The minimum absolute atomic E-state index is 0.130. The quantitative estimate of drug-likeness (QED) is 0.578. The number of rotatable bonds is 4. The first-order valence-corrected chi connectivity index (χ1v) is 6.92. The van der Waals surface area contributed by atoms with Gasteiger partial charge in [0.15, 0.2) is 17.4 Å². The summed E-state index contributed by atoms with van der Waals surface area (Å²) in [4.78, 5) is 12.0. The molecule has 3 rings (SSSR count). The lowest BCUT2D eigenvalue weighted by Crippen LogP contribution is -1.92. The van der Waals surface area contributed by atoms with Crippen LogP contribution in [0, 0.1) is 11.6 Å². The van der Waals surface area contributed by atoms with Crippen molar-refractivity contribution in [3.05, 3.63) is 83.6 Å². The highest BCUT2D eigenvalue weighted by Crippen LogP contribution is 2.20. The Balaban J connectivity index is 1.78. The fraction of sp³-hybridized carbons (Fsp3) is 0. The number of hydrogen-bond donors (Lipinski definition) is 1. The van der Waals surface area contributed by atoms with Gasteiger partial charge in [0, 0.05) is 11.1 Å². The van der Waals surface area contributed by atoms with E-state index >= 15 is 0 Å². The van der Waals surface area contributed by atoms with Gasteiger partial charge in [-0.15, -0.1) is 0 Å². The largest absolute Gasteiger partial charge is 0.289 e. The maximum absolute atomic E-state index is 13.2. The van der Waals surface area contributed by atoms with Gasteiger partial charge in [-0.05, 0) is 36.4 Å². The zero-order valence-electron chi connectivity index (χ0n) is 12.0. The second kappa shape index (κ2) is 6.36. The van der Waals surface area contributed by atoms with E-state index in [-0.39, 0.29) is 5.78 Å². The number of benzene rings is 2. The molecule has 2 aromatic carbocycles. The normalized spacial score (nSPS) is 11.0. The van der Waals surface area contributed by atoms with Gasteiger partial charge in [-0.25, -0.2) is 8.78 Å². The van der Waals surface area contributed by atoms with Crippen LogP contribution in [-0.2, 0) is 0 Å². The fourth-order valence-electron chi connectivity index (χ4n) is 2.09. The molecule has 1 heterocycles. The minimum atomic E-state index is -0.929. The average Bonchev–Trinajstić information content (AvgIpc) is 3.05. The molecule has 1 N–H and O–H groups in total. The lowest BCUT2D eigenvalue weighted by atomic mass is 10.1. The molecule has 0 spiro atoms. The maximum atomic E-state index is 13.2. The van der Waals surface area contributed by atoms with Crippen molar-refractivity contribution < 1.29 is 13.6 Å². The summed E-state index contributed by atoms with van der Waals surface area (Å²) in [5, 5.41) is 6.77. The van der Waals surface area contributed by atoms with E-state index in [4.69, 9.17) is 0 Å². The van der Waals surface area contributed by atoms with Crippen LogP contribution in [0.4, 0.5) is 8.78 Å². The summed E-state index contributed by atoms with van der Waals surface area (Å²) in [6.07, 6.45) is 3.02. The smallest absolute Gasteiger partial charge is 0.185 e. The lowest BCUT2D eigenvalue weighted by molar-refractivity contribution is 0.104. The number of allylic oxidation sites excluding steroid dienone is 1. The highest BCUT2D eigenvalue weighted by molar-refractivity contribution is 6.06.